The molecular weight excluding hydrogens is 334 g/mol. The average molecular weight is 354 g/mol. The highest BCUT2D eigenvalue weighted by molar-refractivity contribution is 9.10. The molecule has 0 radical (unpaired) electrons. The van der Waals surface area contributed by atoms with Crippen LogP contribution in [0.3, 0.4) is 0 Å². The molecule has 0 aliphatic carbocycles. The lowest BCUT2D eigenvalue weighted by Crippen LogP contribution is -2.25. The van der Waals surface area contributed by atoms with Gasteiger partial charge in [0, 0.05) is 21.8 Å². The summed E-state index contributed by atoms with van der Waals surface area (Å²) in [6.45, 7) is 7.22. The normalized spacial score (nSPS) is 12.6. The van der Waals surface area contributed by atoms with E-state index in [1.807, 2.05) is 13.8 Å². The van der Waals surface area contributed by atoms with Crippen LogP contribution in [0.2, 0.25) is 0 Å². The smallest absolute Gasteiger partial charge is 0.0648 e. The van der Waals surface area contributed by atoms with Crippen LogP contribution in [0.4, 0.5) is 0 Å². The van der Waals surface area contributed by atoms with Gasteiger partial charge in [0.2, 0.25) is 0 Å². The van der Waals surface area contributed by atoms with E-state index in [0.29, 0.717) is 6.04 Å². The Bertz CT molecular complexity index is 568. The molecule has 5 heteroatoms. The summed E-state index contributed by atoms with van der Waals surface area (Å²) >= 11 is 5.42. The van der Waals surface area contributed by atoms with Crippen molar-refractivity contribution in [1.29, 1.82) is 0 Å². The fourth-order valence-electron chi connectivity index (χ4n) is 2.19. The van der Waals surface area contributed by atoms with Gasteiger partial charge in [-0.15, -0.1) is 11.3 Å². The predicted molar refractivity (Wildman–Crippen MR) is 88.3 cm³/mol. The van der Waals surface area contributed by atoms with Crippen LogP contribution in [-0.2, 0) is 6.42 Å². The van der Waals surface area contributed by atoms with E-state index in [4.69, 9.17) is 0 Å². The van der Waals surface area contributed by atoms with Gasteiger partial charge in [-0.1, -0.05) is 6.92 Å². The molecule has 2 rings (SSSR count). The SMILES string of the molecule is CCCNC(Cc1sccc1Br)c1cc(C)nnc1C. The highest BCUT2D eigenvalue weighted by Crippen LogP contribution is 2.29. The summed E-state index contributed by atoms with van der Waals surface area (Å²) in [5.41, 5.74) is 3.24. The monoisotopic (exact) mass is 353 g/mol. The number of rotatable bonds is 6. The van der Waals surface area contributed by atoms with Gasteiger partial charge in [-0.2, -0.15) is 10.2 Å². The zero-order chi connectivity index (χ0) is 14.5. The first-order valence-corrected chi connectivity index (χ1v) is 8.55. The summed E-state index contributed by atoms with van der Waals surface area (Å²) in [4.78, 5) is 1.37. The number of halogens is 1. The largest absolute Gasteiger partial charge is 0.310 e. The molecule has 0 bridgehead atoms. The van der Waals surface area contributed by atoms with E-state index in [1.54, 1.807) is 11.3 Å². The lowest BCUT2D eigenvalue weighted by atomic mass is 10.0. The van der Waals surface area contributed by atoms with Crippen molar-refractivity contribution in [3.8, 4) is 0 Å². The summed E-state index contributed by atoms with van der Waals surface area (Å²) in [7, 11) is 0. The molecule has 2 heterocycles. The molecule has 2 aromatic rings. The molecule has 1 atom stereocenters. The highest BCUT2D eigenvalue weighted by Gasteiger charge is 2.17. The number of thiophene rings is 1. The summed E-state index contributed by atoms with van der Waals surface area (Å²) < 4.78 is 1.20. The first kappa shape index (κ1) is 15.6. The molecule has 2 aromatic heterocycles. The summed E-state index contributed by atoms with van der Waals surface area (Å²) in [6, 6.07) is 4.55. The molecule has 0 fully saturated rings. The zero-order valence-electron chi connectivity index (χ0n) is 12.1. The van der Waals surface area contributed by atoms with Crippen molar-refractivity contribution in [1.82, 2.24) is 15.5 Å². The lowest BCUT2D eigenvalue weighted by molar-refractivity contribution is 0.525. The maximum Gasteiger partial charge on any atom is 0.0648 e. The van der Waals surface area contributed by atoms with Crippen LogP contribution in [0.5, 0.6) is 0 Å². The Morgan fingerprint density at radius 2 is 2.15 bits per heavy atom. The Morgan fingerprint density at radius 1 is 1.35 bits per heavy atom. The number of hydrogen-bond acceptors (Lipinski definition) is 4. The van der Waals surface area contributed by atoms with Gasteiger partial charge >= 0.3 is 0 Å². The average Bonchev–Trinajstić information content (AvgIpc) is 2.83. The quantitative estimate of drug-likeness (QED) is 0.845. The molecule has 0 aliphatic rings. The van der Waals surface area contributed by atoms with E-state index >= 15 is 0 Å². The van der Waals surface area contributed by atoms with Crippen LogP contribution in [0, 0.1) is 13.8 Å². The summed E-state index contributed by atoms with van der Waals surface area (Å²) in [5, 5.41) is 14.2. The number of nitrogens with zero attached hydrogens (tertiary/aromatic N) is 2. The Labute approximate surface area is 133 Å². The molecular formula is C15H20BrN3S. The van der Waals surface area contributed by atoms with Crippen LogP contribution >= 0.6 is 27.3 Å². The van der Waals surface area contributed by atoms with Gasteiger partial charge in [-0.3, -0.25) is 0 Å². The molecule has 1 N–H and O–H groups in total. The minimum atomic E-state index is 0.291. The molecule has 0 saturated heterocycles. The van der Waals surface area contributed by atoms with Crippen molar-refractivity contribution in [2.45, 2.75) is 39.7 Å². The Morgan fingerprint density at radius 3 is 2.80 bits per heavy atom. The van der Waals surface area contributed by atoms with Gasteiger partial charge in [-0.05, 0) is 65.8 Å². The first-order valence-electron chi connectivity index (χ1n) is 6.88. The molecule has 1 unspecified atom stereocenters. The van der Waals surface area contributed by atoms with Crippen molar-refractivity contribution in [3.63, 3.8) is 0 Å². The maximum absolute atomic E-state index is 4.26. The van der Waals surface area contributed by atoms with E-state index in [2.05, 4.69) is 55.9 Å². The number of nitrogens with one attached hydrogen (secondary N) is 1. The Kier molecular flexibility index (Phi) is 5.69. The molecule has 20 heavy (non-hydrogen) atoms. The van der Waals surface area contributed by atoms with Gasteiger partial charge in [0.15, 0.2) is 0 Å². The molecule has 0 spiro atoms. The molecule has 0 aromatic carbocycles. The van der Waals surface area contributed by atoms with Gasteiger partial charge in [0.1, 0.15) is 0 Å². The molecule has 0 amide bonds. The highest BCUT2D eigenvalue weighted by atomic mass is 79.9. The topological polar surface area (TPSA) is 37.8 Å². The standard InChI is InChI=1S/C15H20BrN3S/c1-4-6-17-14(9-15-13(16)5-7-20-15)12-8-10(2)18-19-11(12)3/h5,7-8,14,17H,4,6,9H2,1-3H3. The van der Waals surface area contributed by atoms with Gasteiger partial charge in [0.25, 0.3) is 0 Å². The van der Waals surface area contributed by atoms with Crippen LogP contribution < -0.4 is 5.32 Å². The summed E-state index contributed by atoms with van der Waals surface area (Å²) in [5.74, 6) is 0. The van der Waals surface area contributed by atoms with E-state index in [9.17, 15) is 0 Å². The van der Waals surface area contributed by atoms with E-state index in [1.165, 1.54) is 14.9 Å². The van der Waals surface area contributed by atoms with Crippen LogP contribution in [0.1, 0.15) is 41.2 Å². The second kappa shape index (κ2) is 7.29. The predicted octanol–water partition coefficient (Wildman–Crippen LogP) is 4.20. The Hall–Kier alpha value is -0.780. The third-order valence-electron chi connectivity index (χ3n) is 3.24. The lowest BCUT2D eigenvalue weighted by Gasteiger charge is -2.20. The van der Waals surface area contributed by atoms with Gasteiger partial charge in [0.05, 0.1) is 11.4 Å². The maximum atomic E-state index is 4.26. The molecule has 0 saturated carbocycles. The van der Waals surface area contributed by atoms with Crippen molar-refractivity contribution in [2.24, 2.45) is 0 Å². The fraction of sp³-hybridized carbons (Fsp3) is 0.467. The van der Waals surface area contributed by atoms with Crippen molar-refractivity contribution < 1.29 is 0 Å². The van der Waals surface area contributed by atoms with Gasteiger partial charge < -0.3 is 5.32 Å². The minimum Gasteiger partial charge on any atom is -0.310 e. The number of aromatic nitrogens is 2. The zero-order valence-corrected chi connectivity index (χ0v) is 14.5. The van der Waals surface area contributed by atoms with Gasteiger partial charge in [-0.25, -0.2) is 0 Å². The van der Waals surface area contributed by atoms with Crippen LogP contribution in [0.25, 0.3) is 0 Å². The Balaban J connectivity index is 2.27. The number of aryl methyl sites for hydroxylation is 2. The second-order valence-corrected chi connectivity index (χ2v) is 6.78. The van der Waals surface area contributed by atoms with E-state index in [0.717, 1.165) is 30.8 Å². The molecule has 0 aliphatic heterocycles. The minimum absolute atomic E-state index is 0.291. The third-order valence-corrected chi connectivity index (χ3v) is 5.19. The van der Waals surface area contributed by atoms with E-state index < -0.39 is 0 Å². The van der Waals surface area contributed by atoms with Crippen molar-refractivity contribution in [3.05, 3.63) is 43.8 Å². The third kappa shape index (κ3) is 3.87. The second-order valence-electron chi connectivity index (χ2n) is 4.93. The number of hydrogen-bond donors (Lipinski definition) is 1. The van der Waals surface area contributed by atoms with Crippen LogP contribution in [0.15, 0.2) is 22.0 Å². The summed E-state index contributed by atoms with van der Waals surface area (Å²) in [6.07, 6.45) is 2.10. The fourth-order valence-corrected chi connectivity index (χ4v) is 3.75. The first-order chi connectivity index (χ1) is 9.61. The van der Waals surface area contributed by atoms with Crippen molar-refractivity contribution in [2.75, 3.05) is 6.54 Å². The molecule has 3 nitrogen and oxygen atoms in total. The molecule has 108 valence electrons. The van der Waals surface area contributed by atoms with E-state index in [-0.39, 0.29) is 0 Å². The van der Waals surface area contributed by atoms with Crippen LogP contribution in [-0.4, -0.2) is 16.7 Å². The van der Waals surface area contributed by atoms with Crippen molar-refractivity contribution >= 4 is 27.3 Å².